The Hall–Kier alpha value is -1.45. The molecule has 0 aliphatic rings. The molecule has 82 valence electrons. The first-order valence-corrected chi connectivity index (χ1v) is 4.60. The number of anilines is 1. The third-order valence-electron chi connectivity index (χ3n) is 2.47. The van der Waals surface area contributed by atoms with E-state index in [0.29, 0.717) is 0 Å². The number of rotatable bonds is 3. The Morgan fingerprint density at radius 3 is 2.40 bits per heavy atom. The van der Waals surface area contributed by atoms with Crippen molar-refractivity contribution in [2.45, 2.75) is 19.8 Å². The fourth-order valence-corrected chi connectivity index (χ4v) is 1.29. The molecule has 1 rings (SSSR count). The van der Waals surface area contributed by atoms with Crippen molar-refractivity contribution in [3.05, 3.63) is 29.8 Å². The molecule has 0 saturated heterocycles. The van der Waals surface area contributed by atoms with Gasteiger partial charge in [-0.05, 0) is 19.9 Å². The van der Waals surface area contributed by atoms with Crippen LogP contribution in [-0.2, 0) is 10.7 Å². The van der Waals surface area contributed by atoms with Crippen LogP contribution in [0.2, 0.25) is 0 Å². The molecule has 0 fully saturated rings. The lowest BCUT2D eigenvalue weighted by Gasteiger charge is -2.23. The molecule has 0 aliphatic heterocycles. The first kappa shape index (κ1) is 11.6. The molecule has 0 aromatic heterocycles. The van der Waals surface area contributed by atoms with Gasteiger partial charge in [-0.1, -0.05) is 18.2 Å². The molecule has 0 bridgehead atoms. The number of benzene rings is 1. The van der Waals surface area contributed by atoms with Gasteiger partial charge in [0.05, 0.1) is 5.92 Å². The van der Waals surface area contributed by atoms with E-state index < -0.39 is 17.6 Å². The highest BCUT2D eigenvalue weighted by Gasteiger charge is 2.42. The summed E-state index contributed by atoms with van der Waals surface area (Å²) in [6.45, 7) is 2.35. The van der Waals surface area contributed by atoms with E-state index in [1.807, 2.05) is 0 Å². The maximum Gasteiger partial charge on any atom is 0.284 e. The zero-order chi connectivity index (χ0) is 11.6. The summed E-state index contributed by atoms with van der Waals surface area (Å²) in [5, 5.41) is 0. The van der Waals surface area contributed by atoms with E-state index in [-0.39, 0.29) is 11.3 Å². The number of nitrogen functional groups attached to an aromatic ring is 1. The topological polar surface area (TPSA) is 43.1 Å². The summed E-state index contributed by atoms with van der Waals surface area (Å²) in [5.41, 5.74) is 5.18. The highest BCUT2D eigenvalue weighted by Crippen LogP contribution is 2.39. The SMILES string of the molecule is CC(=O)C(C)C(F)(F)c1ccccc1N. The van der Waals surface area contributed by atoms with Gasteiger partial charge in [-0.15, -0.1) is 0 Å². The lowest BCUT2D eigenvalue weighted by molar-refractivity contribution is -0.135. The second kappa shape index (κ2) is 3.96. The average Bonchev–Trinajstić information content (AvgIpc) is 2.16. The normalized spacial score (nSPS) is 13.6. The smallest absolute Gasteiger partial charge is 0.284 e. The van der Waals surface area contributed by atoms with Crippen LogP contribution in [0, 0.1) is 5.92 Å². The van der Waals surface area contributed by atoms with Crippen LogP contribution in [0.25, 0.3) is 0 Å². The van der Waals surface area contributed by atoms with Gasteiger partial charge in [0.25, 0.3) is 5.92 Å². The Morgan fingerprint density at radius 2 is 1.93 bits per heavy atom. The van der Waals surface area contributed by atoms with Gasteiger partial charge in [0, 0.05) is 11.3 Å². The van der Waals surface area contributed by atoms with E-state index in [1.165, 1.54) is 25.1 Å². The van der Waals surface area contributed by atoms with Crippen LogP contribution in [0.4, 0.5) is 14.5 Å². The molecule has 4 heteroatoms. The molecule has 1 atom stereocenters. The summed E-state index contributed by atoms with van der Waals surface area (Å²) in [5.74, 6) is -5.12. The summed E-state index contributed by atoms with van der Waals surface area (Å²) in [6.07, 6.45) is 0. The number of halogens is 2. The van der Waals surface area contributed by atoms with Gasteiger partial charge >= 0.3 is 0 Å². The minimum Gasteiger partial charge on any atom is -0.398 e. The van der Waals surface area contributed by atoms with E-state index in [0.717, 1.165) is 6.92 Å². The zero-order valence-electron chi connectivity index (χ0n) is 8.63. The molecule has 0 amide bonds. The molecule has 15 heavy (non-hydrogen) atoms. The summed E-state index contributed by atoms with van der Waals surface area (Å²) in [6, 6.07) is 5.70. The van der Waals surface area contributed by atoms with E-state index in [1.54, 1.807) is 6.07 Å². The minimum atomic E-state index is -3.21. The molecule has 1 aromatic rings. The van der Waals surface area contributed by atoms with Gasteiger partial charge in [-0.2, -0.15) is 0 Å². The standard InChI is InChI=1S/C11H13F2NO/c1-7(8(2)15)11(12,13)9-5-3-4-6-10(9)14/h3-7H,14H2,1-2H3. The van der Waals surface area contributed by atoms with Gasteiger partial charge in [0.2, 0.25) is 0 Å². The number of Topliss-reactive ketones (excluding diaryl/α,β-unsaturated/α-hetero) is 1. The first-order chi connectivity index (χ1) is 6.87. The maximum absolute atomic E-state index is 13.8. The van der Waals surface area contributed by atoms with Crippen LogP contribution >= 0.6 is 0 Å². The molecule has 1 unspecified atom stereocenters. The number of hydrogen-bond acceptors (Lipinski definition) is 2. The van der Waals surface area contributed by atoms with Crippen LogP contribution in [-0.4, -0.2) is 5.78 Å². The van der Waals surface area contributed by atoms with Gasteiger partial charge in [0.1, 0.15) is 5.78 Å². The quantitative estimate of drug-likeness (QED) is 0.784. The number of nitrogens with two attached hydrogens (primary N) is 1. The average molecular weight is 213 g/mol. The van der Waals surface area contributed by atoms with Crippen molar-refractivity contribution < 1.29 is 13.6 Å². The number of para-hydroxylation sites is 1. The summed E-state index contributed by atoms with van der Waals surface area (Å²) < 4.78 is 27.5. The van der Waals surface area contributed by atoms with Crippen molar-refractivity contribution in [3.63, 3.8) is 0 Å². The highest BCUT2D eigenvalue weighted by atomic mass is 19.3. The Balaban J connectivity index is 3.16. The number of carbonyl (C=O) groups excluding carboxylic acids is 1. The second-order valence-corrected chi connectivity index (χ2v) is 3.54. The second-order valence-electron chi connectivity index (χ2n) is 3.54. The van der Waals surface area contributed by atoms with Gasteiger partial charge in [-0.25, -0.2) is 8.78 Å². The van der Waals surface area contributed by atoms with E-state index in [2.05, 4.69) is 0 Å². The number of hydrogen-bond donors (Lipinski definition) is 1. The van der Waals surface area contributed by atoms with Crippen LogP contribution < -0.4 is 5.73 Å². The Bertz CT molecular complexity index is 377. The molecule has 0 aliphatic carbocycles. The van der Waals surface area contributed by atoms with Crippen molar-refractivity contribution in [2.75, 3.05) is 5.73 Å². The fourth-order valence-electron chi connectivity index (χ4n) is 1.29. The van der Waals surface area contributed by atoms with Crippen molar-refractivity contribution >= 4 is 11.5 Å². The predicted octanol–water partition coefficient (Wildman–Crippen LogP) is 2.59. The van der Waals surface area contributed by atoms with Crippen molar-refractivity contribution in [1.82, 2.24) is 0 Å². The van der Waals surface area contributed by atoms with Crippen LogP contribution in [0.1, 0.15) is 19.4 Å². The molecule has 0 spiro atoms. The Kier molecular flexibility index (Phi) is 3.07. The minimum absolute atomic E-state index is 0.00981. The van der Waals surface area contributed by atoms with E-state index in [4.69, 9.17) is 5.73 Å². The van der Waals surface area contributed by atoms with Crippen LogP contribution in [0.5, 0.6) is 0 Å². The molecule has 2 N–H and O–H groups in total. The monoisotopic (exact) mass is 213 g/mol. The molecular formula is C11H13F2NO. The number of carbonyl (C=O) groups is 1. The van der Waals surface area contributed by atoms with Crippen molar-refractivity contribution in [3.8, 4) is 0 Å². The molecule has 0 heterocycles. The van der Waals surface area contributed by atoms with Crippen molar-refractivity contribution in [2.24, 2.45) is 5.92 Å². The third kappa shape index (κ3) is 2.14. The molecular weight excluding hydrogens is 200 g/mol. The fraction of sp³-hybridized carbons (Fsp3) is 0.364. The summed E-state index contributed by atoms with van der Waals surface area (Å²) >= 11 is 0. The molecule has 1 aromatic carbocycles. The Morgan fingerprint density at radius 1 is 1.40 bits per heavy atom. The predicted molar refractivity (Wildman–Crippen MR) is 54.6 cm³/mol. The van der Waals surface area contributed by atoms with Crippen LogP contribution in [0.15, 0.2) is 24.3 Å². The maximum atomic E-state index is 13.8. The molecule has 2 nitrogen and oxygen atoms in total. The van der Waals surface area contributed by atoms with Crippen molar-refractivity contribution in [1.29, 1.82) is 0 Å². The lowest BCUT2D eigenvalue weighted by Crippen LogP contribution is -2.29. The third-order valence-corrected chi connectivity index (χ3v) is 2.47. The summed E-state index contributed by atoms with van der Waals surface area (Å²) in [7, 11) is 0. The van der Waals surface area contributed by atoms with Crippen LogP contribution in [0.3, 0.4) is 0 Å². The Labute approximate surface area is 87.1 Å². The van der Waals surface area contributed by atoms with Gasteiger partial charge < -0.3 is 5.73 Å². The first-order valence-electron chi connectivity index (χ1n) is 4.60. The van der Waals surface area contributed by atoms with Gasteiger partial charge in [0.15, 0.2) is 0 Å². The molecule has 0 saturated carbocycles. The van der Waals surface area contributed by atoms with Gasteiger partial charge in [-0.3, -0.25) is 4.79 Å². The van der Waals surface area contributed by atoms with E-state index >= 15 is 0 Å². The molecule has 0 radical (unpaired) electrons. The number of alkyl halides is 2. The lowest BCUT2D eigenvalue weighted by atomic mass is 9.92. The summed E-state index contributed by atoms with van der Waals surface area (Å²) in [4.78, 5) is 11.0. The highest BCUT2D eigenvalue weighted by molar-refractivity contribution is 5.79. The van der Waals surface area contributed by atoms with E-state index in [9.17, 15) is 13.6 Å². The number of ketones is 1. The zero-order valence-corrected chi connectivity index (χ0v) is 8.63. The largest absolute Gasteiger partial charge is 0.398 e.